The van der Waals surface area contributed by atoms with Crippen LogP contribution < -0.4 is 0 Å². The molecule has 5 heteroatoms. The molecule has 1 saturated carbocycles. The summed E-state index contributed by atoms with van der Waals surface area (Å²) in [6.07, 6.45) is 2.35. The minimum atomic E-state index is -0.0509. The van der Waals surface area contributed by atoms with Crippen molar-refractivity contribution in [2.24, 2.45) is 11.8 Å². The second kappa shape index (κ2) is 4.06. The first-order valence-electron chi connectivity index (χ1n) is 5.41. The third kappa shape index (κ3) is 1.74. The van der Waals surface area contributed by atoms with Gasteiger partial charge in [-0.3, -0.25) is 9.67 Å². The summed E-state index contributed by atoms with van der Waals surface area (Å²) in [5, 5.41) is 16.0. The average Bonchev–Trinajstić information content (AvgIpc) is 2.73. The summed E-state index contributed by atoms with van der Waals surface area (Å²) in [4.78, 5) is 0. The van der Waals surface area contributed by atoms with Gasteiger partial charge in [0.1, 0.15) is 6.61 Å². The average molecular weight is 227 g/mol. The number of aliphatic hydroxyl groups excluding tert-OH is 1. The van der Waals surface area contributed by atoms with E-state index in [-0.39, 0.29) is 6.61 Å². The van der Waals surface area contributed by atoms with E-state index < -0.39 is 0 Å². The quantitative estimate of drug-likeness (QED) is 0.760. The molecule has 2 N–H and O–H groups in total. The number of aromatic nitrogens is 3. The molecule has 0 saturated heterocycles. The van der Waals surface area contributed by atoms with Gasteiger partial charge in [-0.2, -0.15) is 5.10 Å². The van der Waals surface area contributed by atoms with E-state index in [1.807, 2.05) is 4.57 Å². The number of hydrogen-bond acceptors (Lipinski definition) is 3. The highest BCUT2D eigenvalue weighted by Crippen LogP contribution is 2.40. The van der Waals surface area contributed by atoms with Crippen molar-refractivity contribution in [3.8, 4) is 0 Å². The van der Waals surface area contributed by atoms with Gasteiger partial charge in [-0.1, -0.05) is 13.8 Å². The van der Waals surface area contributed by atoms with Crippen LogP contribution in [-0.2, 0) is 6.61 Å². The summed E-state index contributed by atoms with van der Waals surface area (Å²) in [6, 6.07) is 0.397. The zero-order valence-electron chi connectivity index (χ0n) is 9.10. The summed E-state index contributed by atoms with van der Waals surface area (Å²) < 4.78 is 2.62. The van der Waals surface area contributed by atoms with Gasteiger partial charge in [0.25, 0.3) is 0 Å². The van der Waals surface area contributed by atoms with Crippen molar-refractivity contribution in [1.29, 1.82) is 0 Å². The van der Waals surface area contributed by atoms with Crippen LogP contribution in [0.2, 0.25) is 0 Å². The first kappa shape index (κ1) is 10.8. The molecule has 2 rings (SSSR count). The number of rotatable bonds is 2. The van der Waals surface area contributed by atoms with Crippen LogP contribution in [0.4, 0.5) is 0 Å². The largest absolute Gasteiger partial charge is 0.388 e. The Morgan fingerprint density at radius 1 is 1.53 bits per heavy atom. The van der Waals surface area contributed by atoms with Gasteiger partial charge in [0.05, 0.1) is 0 Å². The third-order valence-corrected chi connectivity index (χ3v) is 3.96. The summed E-state index contributed by atoms with van der Waals surface area (Å²) in [6.45, 7) is 4.47. The van der Waals surface area contributed by atoms with E-state index in [0.29, 0.717) is 22.6 Å². The molecule has 0 aliphatic heterocycles. The molecule has 1 aliphatic rings. The molecule has 1 heterocycles. The lowest BCUT2D eigenvalue weighted by Crippen LogP contribution is -2.17. The number of aliphatic hydroxyl groups is 1. The van der Waals surface area contributed by atoms with Gasteiger partial charge < -0.3 is 5.11 Å². The van der Waals surface area contributed by atoms with E-state index in [2.05, 4.69) is 24.0 Å². The van der Waals surface area contributed by atoms with Crippen molar-refractivity contribution in [2.45, 2.75) is 39.3 Å². The van der Waals surface area contributed by atoms with Crippen molar-refractivity contribution in [3.05, 3.63) is 10.6 Å². The van der Waals surface area contributed by atoms with Crippen LogP contribution in [0.1, 0.15) is 38.6 Å². The Morgan fingerprint density at radius 2 is 2.27 bits per heavy atom. The fraction of sp³-hybridized carbons (Fsp3) is 0.800. The van der Waals surface area contributed by atoms with Gasteiger partial charge >= 0.3 is 0 Å². The first-order chi connectivity index (χ1) is 7.15. The van der Waals surface area contributed by atoms with Crippen LogP contribution in [0, 0.1) is 16.6 Å². The van der Waals surface area contributed by atoms with Gasteiger partial charge in [0, 0.05) is 6.04 Å². The Balaban J connectivity index is 2.37. The van der Waals surface area contributed by atoms with Crippen molar-refractivity contribution in [3.63, 3.8) is 0 Å². The molecule has 84 valence electrons. The molecule has 4 nitrogen and oxygen atoms in total. The van der Waals surface area contributed by atoms with Gasteiger partial charge in [0.15, 0.2) is 10.6 Å². The molecular weight excluding hydrogens is 210 g/mol. The first-order valence-corrected chi connectivity index (χ1v) is 5.82. The van der Waals surface area contributed by atoms with Crippen LogP contribution in [-0.4, -0.2) is 19.9 Å². The van der Waals surface area contributed by atoms with Crippen molar-refractivity contribution >= 4 is 12.2 Å². The lowest BCUT2D eigenvalue weighted by atomic mass is 9.98. The van der Waals surface area contributed by atoms with Gasteiger partial charge in [-0.15, -0.1) is 0 Å². The maximum atomic E-state index is 9.19. The Hall–Kier alpha value is -0.680. The predicted molar refractivity (Wildman–Crippen MR) is 59.9 cm³/mol. The Kier molecular flexibility index (Phi) is 2.93. The molecule has 15 heavy (non-hydrogen) atoms. The number of H-pyrrole nitrogens is 1. The van der Waals surface area contributed by atoms with E-state index in [0.717, 1.165) is 12.3 Å². The van der Waals surface area contributed by atoms with Gasteiger partial charge in [0.2, 0.25) is 0 Å². The van der Waals surface area contributed by atoms with E-state index in [1.165, 1.54) is 6.42 Å². The molecule has 0 aromatic carbocycles. The Bertz CT molecular complexity index is 398. The zero-order valence-corrected chi connectivity index (χ0v) is 9.92. The third-order valence-electron chi connectivity index (χ3n) is 3.67. The minimum Gasteiger partial charge on any atom is -0.388 e. The van der Waals surface area contributed by atoms with E-state index in [4.69, 9.17) is 12.2 Å². The molecule has 1 aromatic rings. The monoisotopic (exact) mass is 227 g/mol. The Labute approximate surface area is 94.3 Å². The van der Waals surface area contributed by atoms with Crippen LogP contribution in [0.15, 0.2) is 0 Å². The number of hydrogen-bond donors (Lipinski definition) is 2. The molecule has 3 unspecified atom stereocenters. The minimum absolute atomic E-state index is 0.0509. The van der Waals surface area contributed by atoms with Crippen LogP contribution in [0.25, 0.3) is 0 Å². The maximum absolute atomic E-state index is 9.19. The number of nitrogens with zero attached hydrogens (tertiary/aromatic N) is 2. The fourth-order valence-electron chi connectivity index (χ4n) is 2.49. The standard InChI is InChI=1S/C10H17N3OS/c1-6-3-4-8(7(6)2)13-9(5-14)11-12-10(13)15/h6-8,14H,3-5H2,1-2H3,(H,12,15). The molecule has 0 radical (unpaired) electrons. The molecular formula is C10H17N3OS. The molecule has 3 atom stereocenters. The van der Waals surface area contributed by atoms with Crippen molar-refractivity contribution in [1.82, 2.24) is 14.8 Å². The van der Waals surface area contributed by atoms with Crippen LogP contribution >= 0.6 is 12.2 Å². The molecule has 0 amide bonds. The maximum Gasteiger partial charge on any atom is 0.195 e. The molecule has 1 aromatic heterocycles. The predicted octanol–water partition coefficient (Wildman–Crippen LogP) is 2.04. The second-order valence-electron chi connectivity index (χ2n) is 4.45. The lowest BCUT2D eigenvalue weighted by molar-refractivity contribution is 0.251. The van der Waals surface area contributed by atoms with Crippen LogP contribution in [0.5, 0.6) is 0 Å². The highest BCUT2D eigenvalue weighted by Gasteiger charge is 2.32. The fourth-order valence-corrected chi connectivity index (χ4v) is 2.78. The molecule has 0 bridgehead atoms. The van der Waals surface area contributed by atoms with E-state index in [1.54, 1.807) is 0 Å². The van der Waals surface area contributed by atoms with Gasteiger partial charge in [-0.25, -0.2) is 0 Å². The smallest absolute Gasteiger partial charge is 0.195 e. The van der Waals surface area contributed by atoms with E-state index in [9.17, 15) is 5.11 Å². The molecule has 1 fully saturated rings. The normalized spacial score (nSPS) is 31.0. The van der Waals surface area contributed by atoms with Crippen molar-refractivity contribution in [2.75, 3.05) is 0 Å². The summed E-state index contributed by atoms with van der Waals surface area (Å²) in [5.74, 6) is 1.98. The summed E-state index contributed by atoms with van der Waals surface area (Å²) >= 11 is 5.20. The molecule has 1 aliphatic carbocycles. The van der Waals surface area contributed by atoms with Gasteiger partial charge in [-0.05, 0) is 36.9 Å². The highest BCUT2D eigenvalue weighted by atomic mass is 32.1. The zero-order chi connectivity index (χ0) is 11.0. The Morgan fingerprint density at radius 3 is 2.80 bits per heavy atom. The lowest BCUT2D eigenvalue weighted by Gasteiger charge is -2.20. The SMILES string of the molecule is CC1CCC(n2c(CO)n[nH]c2=S)C1C. The molecule has 0 spiro atoms. The second-order valence-corrected chi connectivity index (χ2v) is 4.84. The van der Waals surface area contributed by atoms with E-state index >= 15 is 0 Å². The summed E-state index contributed by atoms with van der Waals surface area (Å²) in [5.41, 5.74) is 0. The number of aromatic amines is 1. The summed E-state index contributed by atoms with van der Waals surface area (Å²) in [7, 11) is 0. The highest BCUT2D eigenvalue weighted by molar-refractivity contribution is 7.71. The number of nitrogens with one attached hydrogen (secondary N) is 1. The van der Waals surface area contributed by atoms with Crippen LogP contribution in [0.3, 0.4) is 0 Å². The topological polar surface area (TPSA) is 53.8 Å². The van der Waals surface area contributed by atoms with Crippen molar-refractivity contribution < 1.29 is 5.11 Å².